The predicted octanol–water partition coefficient (Wildman–Crippen LogP) is 15.5. The predicted molar refractivity (Wildman–Crippen MR) is 359 cm³/mol. The van der Waals surface area contributed by atoms with Gasteiger partial charge in [-0.15, -0.1) is 92.4 Å². The second-order valence-corrected chi connectivity index (χ2v) is 25.6. The number of nitrogens with zero attached hydrogens (tertiary/aromatic N) is 4. The van der Waals surface area contributed by atoms with Gasteiger partial charge in [0.15, 0.2) is 0 Å². The normalized spacial score (nSPS) is 10.5. The molecule has 416 valence electrons. The van der Waals surface area contributed by atoms with Gasteiger partial charge in [0, 0.05) is 40.7 Å². The van der Waals surface area contributed by atoms with E-state index in [9.17, 15) is 0 Å². The number of hydrogen-bond donors (Lipinski definition) is 12. The first-order chi connectivity index (χ1) is 39.7. The van der Waals surface area contributed by atoms with Gasteiger partial charge in [0.2, 0.25) is 5.95 Å². The lowest BCUT2D eigenvalue weighted by atomic mass is 10.1. The number of amidine groups is 4. The SMILES string of the molecule is CSc1sc(C(=N)N)cc1Nc1ccc2ncccc2c1.CSc1sc(C(=N)N)cc1Nc1cccc(-c2ccccc2)c1.CSc1sc(C(=N)N)cc1Nc1cnc2ccccc2c1.CSc1sc(C(=N)N)cc1Nc1ncccn1. The molecule has 4 aromatic carbocycles. The highest BCUT2D eigenvalue weighted by Crippen LogP contribution is 2.40. The number of pyridine rings is 2. The molecular formula is C58H56N16S8. The van der Waals surface area contributed by atoms with Crippen molar-refractivity contribution < 1.29 is 0 Å². The van der Waals surface area contributed by atoms with E-state index in [-0.39, 0.29) is 23.3 Å². The van der Waals surface area contributed by atoms with Crippen LogP contribution in [0, 0.1) is 21.6 Å². The summed E-state index contributed by atoms with van der Waals surface area (Å²) in [6.07, 6.45) is 15.0. The number of hydrogen-bond acceptors (Lipinski definition) is 20. The number of aromatic nitrogens is 4. The number of nitrogens with two attached hydrogens (primary N) is 4. The monoisotopic (exact) mass is 1230 g/mol. The van der Waals surface area contributed by atoms with Gasteiger partial charge in [0.25, 0.3) is 0 Å². The Labute approximate surface area is 507 Å². The number of thioether (sulfide) groups is 4. The number of benzene rings is 4. The number of rotatable bonds is 17. The van der Waals surface area contributed by atoms with Crippen LogP contribution in [0.4, 0.5) is 45.8 Å². The molecule has 24 heteroatoms. The molecule has 0 aliphatic rings. The summed E-state index contributed by atoms with van der Waals surface area (Å²) in [6.45, 7) is 0. The summed E-state index contributed by atoms with van der Waals surface area (Å²) < 4.78 is 4.41. The van der Waals surface area contributed by atoms with Crippen LogP contribution in [0.3, 0.4) is 0 Å². The molecule has 11 rings (SSSR count). The van der Waals surface area contributed by atoms with Crippen molar-refractivity contribution in [2.45, 2.75) is 16.8 Å². The highest BCUT2D eigenvalue weighted by Gasteiger charge is 2.15. The van der Waals surface area contributed by atoms with E-state index in [1.54, 1.807) is 71.7 Å². The van der Waals surface area contributed by atoms with Gasteiger partial charge >= 0.3 is 0 Å². The average molecular weight is 1230 g/mol. The van der Waals surface area contributed by atoms with Gasteiger partial charge in [-0.2, -0.15) is 0 Å². The third kappa shape index (κ3) is 16.2. The topological polar surface area (TPSA) is 299 Å². The molecule has 82 heavy (non-hydrogen) atoms. The van der Waals surface area contributed by atoms with Crippen molar-refractivity contribution in [3.05, 3.63) is 190 Å². The summed E-state index contributed by atoms with van der Waals surface area (Å²) in [6, 6.07) is 48.1. The molecular weight excluding hydrogens is 1180 g/mol. The van der Waals surface area contributed by atoms with E-state index in [1.165, 1.54) is 56.5 Å². The fourth-order valence-corrected chi connectivity index (χ4v) is 14.2. The molecule has 0 saturated carbocycles. The smallest absolute Gasteiger partial charge is 0.227 e. The lowest BCUT2D eigenvalue weighted by Gasteiger charge is -2.08. The zero-order valence-corrected chi connectivity index (χ0v) is 51.1. The molecule has 7 aromatic heterocycles. The Morgan fingerprint density at radius 3 is 1.30 bits per heavy atom. The van der Waals surface area contributed by atoms with Crippen molar-refractivity contribution in [1.29, 1.82) is 21.6 Å². The van der Waals surface area contributed by atoms with E-state index >= 15 is 0 Å². The Hall–Kier alpha value is -7.94. The molecule has 16 N–H and O–H groups in total. The van der Waals surface area contributed by atoms with Crippen LogP contribution in [-0.2, 0) is 0 Å². The maximum atomic E-state index is 7.60. The Balaban J connectivity index is 0.000000144. The third-order valence-electron chi connectivity index (χ3n) is 11.4. The van der Waals surface area contributed by atoms with Crippen molar-refractivity contribution in [2.24, 2.45) is 22.9 Å². The second-order valence-electron chi connectivity index (χ2n) is 17.1. The van der Waals surface area contributed by atoms with Gasteiger partial charge in [-0.25, -0.2) is 9.97 Å². The number of anilines is 8. The van der Waals surface area contributed by atoms with Gasteiger partial charge in [-0.3, -0.25) is 31.6 Å². The minimum absolute atomic E-state index is 0.0762. The van der Waals surface area contributed by atoms with E-state index in [0.29, 0.717) is 5.95 Å². The molecule has 0 amide bonds. The molecule has 0 saturated heterocycles. The van der Waals surface area contributed by atoms with Crippen molar-refractivity contribution in [2.75, 3.05) is 46.3 Å². The summed E-state index contributed by atoms with van der Waals surface area (Å²) in [4.78, 5) is 20.0. The van der Waals surface area contributed by atoms with Crippen LogP contribution in [0.5, 0.6) is 0 Å². The number of nitrogens with one attached hydrogen (secondary N) is 8. The second kappa shape index (κ2) is 29.2. The van der Waals surface area contributed by atoms with Crippen molar-refractivity contribution in [3.63, 3.8) is 0 Å². The van der Waals surface area contributed by atoms with Crippen LogP contribution in [0.15, 0.2) is 187 Å². The van der Waals surface area contributed by atoms with Crippen LogP contribution in [0.2, 0.25) is 0 Å². The lowest BCUT2D eigenvalue weighted by Crippen LogP contribution is -2.08. The van der Waals surface area contributed by atoms with Crippen LogP contribution >= 0.6 is 92.4 Å². The van der Waals surface area contributed by atoms with Crippen molar-refractivity contribution >= 4 is 183 Å². The van der Waals surface area contributed by atoms with Crippen molar-refractivity contribution in [1.82, 2.24) is 19.9 Å². The van der Waals surface area contributed by atoms with E-state index < -0.39 is 0 Å². The Morgan fingerprint density at radius 2 is 0.793 bits per heavy atom. The van der Waals surface area contributed by atoms with Gasteiger partial charge in [-0.05, 0) is 115 Å². The Morgan fingerprint density at radius 1 is 0.378 bits per heavy atom. The molecule has 0 aliphatic carbocycles. The summed E-state index contributed by atoms with van der Waals surface area (Å²) in [5.74, 6) is 0.922. The molecule has 0 fully saturated rings. The highest BCUT2D eigenvalue weighted by atomic mass is 32.2. The molecule has 0 spiro atoms. The van der Waals surface area contributed by atoms with Crippen molar-refractivity contribution in [3.8, 4) is 11.1 Å². The molecule has 0 bridgehead atoms. The number of thiophene rings is 4. The molecule has 0 radical (unpaired) electrons. The first-order valence-corrected chi connectivity index (χ1v) is 32.7. The minimum Gasteiger partial charge on any atom is -0.383 e. The lowest BCUT2D eigenvalue weighted by molar-refractivity contribution is 1.16. The van der Waals surface area contributed by atoms with Crippen LogP contribution in [0.25, 0.3) is 32.9 Å². The highest BCUT2D eigenvalue weighted by molar-refractivity contribution is 8.01. The molecule has 0 aliphatic heterocycles. The minimum atomic E-state index is 0.0762. The Kier molecular flexibility index (Phi) is 21.4. The van der Waals surface area contributed by atoms with Gasteiger partial charge in [-0.1, -0.05) is 66.7 Å². The van der Waals surface area contributed by atoms with Gasteiger partial charge in [0.1, 0.15) is 23.3 Å². The number of fused-ring (bicyclic) bond motifs is 2. The fourth-order valence-electron chi connectivity index (χ4n) is 7.63. The maximum Gasteiger partial charge on any atom is 0.227 e. The molecule has 0 unspecified atom stereocenters. The molecule has 0 atom stereocenters. The molecule has 11 aromatic rings. The molecule has 16 nitrogen and oxygen atoms in total. The zero-order valence-electron chi connectivity index (χ0n) is 44.5. The standard InChI is InChI=1S/C18H17N3S2.2C15H14N4S2.C10H11N5S2/c1-22-18-15(11-16(23-18)17(19)20)21-14-9-5-8-13(10-14)12-6-3-2-4-7-12;1-20-15-12(8-13(21-15)14(16)17)19-10-4-5-11-9(7-10)3-2-6-18-11;1-20-15-12(7-13(21-15)14(16)17)19-10-6-9-4-2-3-5-11(9)18-8-10;1-16-9-6(5-7(17-9)8(11)12)15-10-13-3-2-4-14-10/h2-11,21H,1H3,(H3,19,20);2*2-8,19H,1H3,(H3,16,17);2-5H,1H3,(H3,11,12)(H,13,14,15). The largest absolute Gasteiger partial charge is 0.383 e. The number of nitrogen functional groups attached to an aromatic ring is 4. The van der Waals surface area contributed by atoms with Gasteiger partial charge < -0.3 is 44.2 Å². The van der Waals surface area contributed by atoms with E-state index in [4.69, 9.17) is 44.6 Å². The van der Waals surface area contributed by atoms with Crippen LogP contribution in [-0.4, -0.2) is 68.3 Å². The quantitative estimate of drug-likeness (QED) is 0.0229. The maximum absolute atomic E-state index is 7.60. The van der Waals surface area contributed by atoms with E-state index in [2.05, 4.69) is 77.6 Å². The fraction of sp³-hybridized carbons (Fsp3) is 0.0690. The Bertz CT molecular complexity index is 3850. The zero-order chi connectivity index (χ0) is 58.1. The molecule has 7 heterocycles. The summed E-state index contributed by atoms with van der Waals surface area (Å²) in [5.41, 5.74) is 33.3. The van der Waals surface area contributed by atoms with Crippen LogP contribution in [0.1, 0.15) is 19.5 Å². The summed E-state index contributed by atoms with van der Waals surface area (Å²) in [5, 5.41) is 45.6. The third-order valence-corrected chi connectivity index (χ3v) is 20.6. The van der Waals surface area contributed by atoms with Gasteiger partial charge in [0.05, 0.1) is 82.0 Å². The van der Waals surface area contributed by atoms with E-state index in [1.807, 2.05) is 134 Å². The average Bonchev–Trinajstić information content (AvgIpc) is 4.48. The summed E-state index contributed by atoms with van der Waals surface area (Å²) in [7, 11) is 0. The first-order valence-electron chi connectivity index (χ1n) is 24.5. The van der Waals surface area contributed by atoms with E-state index in [0.717, 1.165) is 98.0 Å². The first kappa shape index (κ1) is 60.2. The van der Waals surface area contributed by atoms with Crippen LogP contribution < -0.4 is 44.2 Å². The summed E-state index contributed by atoms with van der Waals surface area (Å²) >= 11 is 12.6. The number of para-hydroxylation sites is 1.